The van der Waals surface area contributed by atoms with Crippen LogP contribution in [0.25, 0.3) is 0 Å². The molecule has 8 heteroatoms. The fraction of sp³-hybridized carbons (Fsp3) is 0.381. The molecule has 0 spiro atoms. The van der Waals surface area contributed by atoms with Gasteiger partial charge in [-0.2, -0.15) is 4.31 Å². The zero-order valence-corrected chi connectivity index (χ0v) is 16.7. The minimum absolute atomic E-state index is 0.0508. The van der Waals surface area contributed by atoms with E-state index in [1.165, 1.54) is 20.8 Å². The van der Waals surface area contributed by atoms with Crippen LogP contribution in [0.2, 0.25) is 0 Å². The van der Waals surface area contributed by atoms with Gasteiger partial charge in [0.2, 0.25) is 10.0 Å². The Morgan fingerprint density at radius 1 is 0.828 bits per heavy atom. The highest BCUT2D eigenvalue weighted by Gasteiger charge is 2.31. The SMILES string of the molecule is O=C(c1ccc(F)c(F)c1)N1CCN(S(=O)(=O)c2ccc3c(c2)CCCC3)CC1. The molecule has 2 aromatic rings. The van der Waals surface area contributed by atoms with Crippen LogP contribution in [0.4, 0.5) is 8.78 Å². The normalized spacial score (nSPS) is 17.8. The number of carbonyl (C=O) groups excluding carboxylic acids is 1. The molecule has 1 amide bonds. The predicted molar refractivity (Wildman–Crippen MR) is 104 cm³/mol. The van der Waals surface area contributed by atoms with Crippen LogP contribution in [0.1, 0.15) is 34.3 Å². The average Bonchev–Trinajstić information content (AvgIpc) is 2.75. The molecule has 0 unspecified atom stereocenters. The van der Waals surface area contributed by atoms with Gasteiger partial charge in [-0.05, 0) is 67.1 Å². The first kappa shape index (κ1) is 20.0. The number of fused-ring (bicyclic) bond motifs is 1. The molecule has 1 aliphatic carbocycles. The van der Waals surface area contributed by atoms with Crippen molar-refractivity contribution in [1.82, 2.24) is 9.21 Å². The van der Waals surface area contributed by atoms with E-state index in [0.29, 0.717) is 4.90 Å². The zero-order chi connectivity index (χ0) is 20.6. The lowest BCUT2D eigenvalue weighted by Crippen LogP contribution is -2.50. The maximum atomic E-state index is 13.4. The molecule has 5 nitrogen and oxygen atoms in total. The summed E-state index contributed by atoms with van der Waals surface area (Å²) in [6, 6.07) is 8.37. The van der Waals surface area contributed by atoms with E-state index >= 15 is 0 Å². The molecule has 0 saturated carbocycles. The van der Waals surface area contributed by atoms with Crippen LogP contribution in [-0.2, 0) is 22.9 Å². The van der Waals surface area contributed by atoms with Crippen molar-refractivity contribution in [3.63, 3.8) is 0 Å². The number of rotatable bonds is 3. The van der Waals surface area contributed by atoms with Gasteiger partial charge in [0.15, 0.2) is 11.6 Å². The van der Waals surface area contributed by atoms with Crippen molar-refractivity contribution in [2.45, 2.75) is 30.6 Å². The Morgan fingerprint density at radius 3 is 2.21 bits per heavy atom. The van der Waals surface area contributed by atoms with Crippen LogP contribution in [0.5, 0.6) is 0 Å². The van der Waals surface area contributed by atoms with E-state index < -0.39 is 27.6 Å². The second kappa shape index (κ2) is 7.84. The smallest absolute Gasteiger partial charge is 0.254 e. The van der Waals surface area contributed by atoms with E-state index in [1.807, 2.05) is 6.07 Å². The second-order valence-electron chi connectivity index (χ2n) is 7.46. The van der Waals surface area contributed by atoms with E-state index in [2.05, 4.69) is 0 Å². The topological polar surface area (TPSA) is 57.7 Å². The molecule has 1 aliphatic heterocycles. The van der Waals surface area contributed by atoms with Gasteiger partial charge in [-0.15, -0.1) is 0 Å². The zero-order valence-electron chi connectivity index (χ0n) is 15.9. The summed E-state index contributed by atoms with van der Waals surface area (Å²) in [6.45, 7) is 0.716. The van der Waals surface area contributed by atoms with Gasteiger partial charge in [0, 0.05) is 31.7 Å². The first-order valence-corrected chi connectivity index (χ1v) is 11.2. The largest absolute Gasteiger partial charge is 0.336 e. The molecule has 0 bridgehead atoms. The molecule has 2 aliphatic rings. The number of amides is 1. The third-order valence-corrected chi connectivity index (χ3v) is 7.54. The molecule has 0 radical (unpaired) electrons. The van der Waals surface area contributed by atoms with Crippen LogP contribution in [0.3, 0.4) is 0 Å². The number of aryl methyl sites for hydroxylation is 2. The number of halogens is 2. The van der Waals surface area contributed by atoms with Gasteiger partial charge >= 0.3 is 0 Å². The quantitative estimate of drug-likeness (QED) is 0.767. The summed E-state index contributed by atoms with van der Waals surface area (Å²) in [5.74, 6) is -2.53. The lowest BCUT2D eigenvalue weighted by Gasteiger charge is -2.34. The Labute approximate surface area is 169 Å². The van der Waals surface area contributed by atoms with Crippen LogP contribution in [0.15, 0.2) is 41.3 Å². The van der Waals surface area contributed by atoms with Gasteiger partial charge < -0.3 is 4.90 Å². The third-order valence-electron chi connectivity index (χ3n) is 5.65. The van der Waals surface area contributed by atoms with E-state index in [-0.39, 0.29) is 31.7 Å². The summed E-state index contributed by atoms with van der Waals surface area (Å²) < 4.78 is 53.9. The summed E-state index contributed by atoms with van der Waals surface area (Å²) in [5.41, 5.74) is 2.37. The van der Waals surface area contributed by atoms with Crippen LogP contribution in [-0.4, -0.2) is 49.7 Å². The fourth-order valence-electron chi connectivity index (χ4n) is 3.96. The van der Waals surface area contributed by atoms with E-state index in [4.69, 9.17) is 0 Å². The molecule has 0 aromatic heterocycles. The number of hydrogen-bond donors (Lipinski definition) is 0. The Balaban J connectivity index is 1.46. The molecule has 1 heterocycles. The fourth-order valence-corrected chi connectivity index (χ4v) is 5.44. The number of hydrogen-bond acceptors (Lipinski definition) is 3. The molecule has 2 aromatic carbocycles. The first-order chi connectivity index (χ1) is 13.9. The lowest BCUT2D eigenvalue weighted by molar-refractivity contribution is 0.0697. The summed E-state index contributed by atoms with van der Waals surface area (Å²) in [5, 5.41) is 0. The van der Waals surface area contributed by atoms with Crippen molar-refractivity contribution in [2.75, 3.05) is 26.2 Å². The minimum Gasteiger partial charge on any atom is -0.336 e. The van der Waals surface area contributed by atoms with Crippen molar-refractivity contribution < 1.29 is 22.0 Å². The Hall–Kier alpha value is -2.32. The molecule has 4 rings (SSSR count). The van der Waals surface area contributed by atoms with Gasteiger partial charge in [0.1, 0.15) is 0 Å². The number of benzene rings is 2. The molecular formula is C21H22F2N2O3S. The summed E-state index contributed by atoms with van der Waals surface area (Å²) in [6.07, 6.45) is 4.09. The average molecular weight is 420 g/mol. The van der Waals surface area contributed by atoms with Gasteiger partial charge in [0.25, 0.3) is 5.91 Å². The number of carbonyl (C=O) groups is 1. The van der Waals surface area contributed by atoms with Crippen LogP contribution < -0.4 is 0 Å². The van der Waals surface area contributed by atoms with Gasteiger partial charge in [-0.25, -0.2) is 17.2 Å². The highest BCUT2D eigenvalue weighted by molar-refractivity contribution is 7.89. The molecular weight excluding hydrogens is 398 g/mol. The van der Waals surface area contributed by atoms with E-state index in [0.717, 1.165) is 43.4 Å². The summed E-state index contributed by atoms with van der Waals surface area (Å²) in [4.78, 5) is 14.3. The number of nitrogens with zero attached hydrogens (tertiary/aromatic N) is 2. The van der Waals surface area contributed by atoms with Gasteiger partial charge in [-0.3, -0.25) is 4.79 Å². The van der Waals surface area contributed by atoms with E-state index in [9.17, 15) is 22.0 Å². The van der Waals surface area contributed by atoms with Gasteiger partial charge in [-0.1, -0.05) is 6.07 Å². The maximum Gasteiger partial charge on any atom is 0.254 e. The molecule has 29 heavy (non-hydrogen) atoms. The standard InChI is InChI=1S/C21H22F2N2O3S/c22-19-8-6-17(14-20(19)23)21(26)24-9-11-25(12-10-24)29(27,28)18-7-5-15-3-1-2-4-16(15)13-18/h5-8,13-14H,1-4,9-12H2. The summed E-state index contributed by atoms with van der Waals surface area (Å²) in [7, 11) is -3.64. The predicted octanol–water partition coefficient (Wildman–Crippen LogP) is 2.99. The summed E-state index contributed by atoms with van der Waals surface area (Å²) >= 11 is 0. The molecule has 1 saturated heterocycles. The Morgan fingerprint density at radius 2 is 1.52 bits per heavy atom. The molecule has 154 valence electrons. The van der Waals surface area contributed by atoms with Crippen LogP contribution >= 0.6 is 0 Å². The number of piperazine rings is 1. The van der Waals surface area contributed by atoms with Gasteiger partial charge in [0.05, 0.1) is 4.90 Å². The second-order valence-corrected chi connectivity index (χ2v) is 9.40. The Bertz CT molecular complexity index is 1050. The van der Waals surface area contributed by atoms with Crippen molar-refractivity contribution in [3.8, 4) is 0 Å². The van der Waals surface area contributed by atoms with Crippen molar-refractivity contribution in [1.29, 1.82) is 0 Å². The maximum absolute atomic E-state index is 13.4. The Kier molecular flexibility index (Phi) is 5.40. The van der Waals surface area contributed by atoms with E-state index in [1.54, 1.807) is 12.1 Å². The molecule has 0 N–H and O–H groups in total. The molecule has 1 fully saturated rings. The highest BCUT2D eigenvalue weighted by atomic mass is 32.2. The minimum atomic E-state index is -3.64. The first-order valence-electron chi connectivity index (χ1n) is 9.72. The van der Waals surface area contributed by atoms with Crippen LogP contribution in [0, 0.1) is 11.6 Å². The monoisotopic (exact) mass is 420 g/mol. The lowest BCUT2D eigenvalue weighted by atomic mass is 9.92. The van der Waals surface area contributed by atoms with Crippen molar-refractivity contribution >= 4 is 15.9 Å². The van der Waals surface area contributed by atoms with Crippen molar-refractivity contribution in [3.05, 3.63) is 64.7 Å². The molecule has 0 atom stereocenters. The van der Waals surface area contributed by atoms with Crippen molar-refractivity contribution in [2.24, 2.45) is 0 Å². The number of sulfonamides is 1. The highest BCUT2D eigenvalue weighted by Crippen LogP contribution is 2.26. The third kappa shape index (κ3) is 3.91.